The number of para-hydroxylation sites is 1. The Morgan fingerprint density at radius 1 is 0.400 bits per heavy atom. The van der Waals surface area contributed by atoms with Gasteiger partial charge in [-0.05, 0) is 102 Å². The Hall–Kier alpha value is -6.27. The summed E-state index contributed by atoms with van der Waals surface area (Å²) < 4.78 is 10.6. The van der Waals surface area contributed by atoms with Gasteiger partial charge < -0.3 is 13.6 Å². The van der Waals surface area contributed by atoms with Gasteiger partial charge in [0.1, 0.15) is 11.1 Å². The van der Waals surface area contributed by atoms with Crippen LogP contribution >= 0.6 is 0 Å². The zero-order valence-corrected chi connectivity index (χ0v) is 23.9. The Morgan fingerprint density at radius 2 is 1.00 bits per heavy atom. The molecule has 4 aromatic carbocycles. The van der Waals surface area contributed by atoms with Crippen LogP contribution in [-0.4, -0.2) is 24.1 Å². The molecule has 0 saturated heterocycles. The summed E-state index contributed by atoms with van der Waals surface area (Å²) in [6, 6.07) is 42.3. The van der Waals surface area contributed by atoms with Crippen molar-refractivity contribution in [2.45, 2.75) is 0 Å². The molecule has 10 aromatic rings. The molecular formula is C39H23N5O. The summed E-state index contributed by atoms with van der Waals surface area (Å²) in [6.45, 7) is 0. The van der Waals surface area contributed by atoms with E-state index in [1.165, 1.54) is 0 Å². The average Bonchev–Trinajstić information content (AvgIpc) is 3.75. The summed E-state index contributed by atoms with van der Waals surface area (Å²) >= 11 is 0. The number of fused-ring (bicyclic) bond motifs is 9. The molecule has 0 atom stereocenters. The molecule has 0 amide bonds. The number of benzene rings is 4. The van der Waals surface area contributed by atoms with Crippen LogP contribution in [0.4, 0.5) is 0 Å². The summed E-state index contributed by atoms with van der Waals surface area (Å²) in [5.74, 6) is 0. The lowest BCUT2D eigenvalue weighted by Gasteiger charge is -2.09. The van der Waals surface area contributed by atoms with Crippen molar-refractivity contribution in [2.24, 2.45) is 0 Å². The van der Waals surface area contributed by atoms with Gasteiger partial charge in [-0.2, -0.15) is 0 Å². The molecule has 45 heavy (non-hydrogen) atoms. The van der Waals surface area contributed by atoms with Crippen LogP contribution in [0.25, 0.3) is 88.4 Å². The van der Waals surface area contributed by atoms with Crippen LogP contribution in [0.3, 0.4) is 0 Å². The van der Waals surface area contributed by atoms with Gasteiger partial charge in [-0.15, -0.1) is 0 Å². The minimum Gasteiger partial charge on any atom is -0.454 e. The van der Waals surface area contributed by atoms with Crippen molar-refractivity contribution in [3.05, 3.63) is 140 Å². The first-order valence-corrected chi connectivity index (χ1v) is 14.9. The Kier molecular flexibility index (Phi) is 4.90. The molecule has 6 nitrogen and oxygen atoms in total. The maximum atomic E-state index is 6.06. The van der Waals surface area contributed by atoms with Gasteiger partial charge in [0.25, 0.3) is 0 Å². The number of pyridine rings is 3. The molecule has 0 radical (unpaired) electrons. The highest BCUT2D eigenvalue weighted by atomic mass is 16.3. The highest BCUT2D eigenvalue weighted by Gasteiger charge is 2.18. The lowest BCUT2D eigenvalue weighted by Crippen LogP contribution is -1.94. The largest absolute Gasteiger partial charge is 0.454 e. The predicted octanol–water partition coefficient (Wildman–Crippen LogP) is 9.63. The third kappa shape index (κ3) is 3.48. The number of hydrogen-bond acceptors (Lipinski definition) is 4. The van der Waals surface area contributed by atoms with E-state index in [4.69, 9.17) is 14.4 Å². The molecule has 6 aromatic heterocycles. The molecular weight excluding hydrogens is 554 g/mol. The summed E-state index contributed by atoms with van der Waals surface area (Å²) in [5.41, 5.74) is 13.2. The van der Waals surface area contributed by atoms with E-state index in [0.29, 0.717) is 0 Å². The standard InChI is InChI=1S/C39H23N5O/c1-2-7-26(8-3-1)43-31-15-12-24(21-28(31)37-33(43)9-4-18-40-37)25-13-16-32-29(22-25)38-34(10-5-19-41-38)44(32)27-14-17-35-30(23-27)39-36(45-35)11-6-20-42-39/h1-23H. The highest BCUT2D eigenvalue weighted by molar-refractivity contribution is 6.11. The fourth-order valence-electron chi connectivity index (χ4n) is 6.89. The Morgan fingerprint density at radius 3 is 1.67 bits per heavy atom. The number of furan rings is 1. The van der Waals surface area contributed by atoms with Crippen LogP contribution in [0, 0.1) is 0 Å². The van der Waals surface area contributed by atoms with Crippen molar-refractivity contribution in [2.75, 3.05) is 0 Å². The molecule has 0 fully saturated rings. The maximum absolute atomic E-state index is 6.06. The second-order valence-electron chi connectivity index (χ2n) is 11.3. The third-order valence-corrected chi connectivity index (χ3v) is 8.85. The van der Waals surface area contributed by atoms with Crippen molar-refractivity contribution in [3.63, 3.8) is 0 Å². The van der Waals surface area contributed by atoms with Crippen molar-refractivity contribution < 1.29 is 4.42 Å². The minimum absolute atomic E-state index is 0.789. The van der Waals surface area contributed by atoms with Crippen LogP contribution in [-0.2, 0) is 0 Å². The second-order valence-corrected chi connectivity index (χ2v) is 11.3. The van der Waals surface area contributed by atoms with Crippen molar-refractivity contribution in [1.29, 1.82) is 0 Å². The molecule has 0 aliphatic rings. The van der Waals surface area contributed by atoms with E-state index in [9.17, 15) is 0 Å². The van der Waals surface area contributed by atoms with Gasteiger partial charge in [0.05, 0.1) is 33.1 Å². The fraction of sp³-hybridized carbons (Fsp3) is 0. The van der Waals surface area contributed by atoms with Gasteiger partial charge in [0.15, 0.2) is 5.58 Å². The van der Waals surface area contributed by atoms with Crippen molar-refractivity contribution in [3.8, 4) is 22.5 Å². The SMILES string of the molecule is c1ccc(-n2c3ccc(-c4ccc5c(c4)c4ncccc4n5-c4ccc5oc6cccnc6c5c4)cc3c3ncccc32)cc1. The van der Waals surface area contributed by atoms with Crippen LogP contribution < -0.4 is 0 Å². The zero-order chi connectivity index (χ0) is 29.5. The summed E-state index contributed by atoms with van der Waals surface area (Å²) in [7, 11) is 0. The first kappa shape index (κ1) is 24.2. The molecule has 0 unspecified atom stereocenters. The smallest absolute Gasteiger partial charge is 0.153 e. The van der Waals surface area contributed by atoms with Crippen LogP contribution in [0.1, 0.15) is 0 Å². The van der Waals surface area contributed by atoms with Gasteiger partial charge in [-0.1, -0.05) is 30.3 Å². The van der Waals surface area contributed by atoms with Crippen LogP contribution in [0.5, 0.6) is 0 Å². The quantitative estimate of drug-likeness (QED) is 0.210. The van der Waals surface area contributed by atoms with E-state index in [1.807, 2.05) is 55.0 Å². The normalized spacial score (nSPS) is 12.0. The monoisotopic (exact) mass is 577 g/mol. The van der Waals surface area contributed by atoms with Crippen molar-refractivity contribution in [1.82, 2.24) is 24.1 Å². The molecule has 0 spiro atoms. The van der Waals surface area contributed by atoms with Gasteiger partial charge in [0.2, 0.25) is 0 Å². The number of rotatable bonds is 3. The Bertz CT molecular complexity index is 2770. The van der Waals surface area contributed by atoms with E-state index in [1.54, 1.807) is 0 Å². The molecule has 0 N–H and O–H groups in total. The predicted molar refractivity (Wildman–Crippen MR) is 181 cm³/mol. The summed E-state index contributed by atoms with van der Waals surface area (Å²) in [6.07, 6.45) is 5.55. The topological polar surface area (TPSA) is 61.7 Å². The van der Waals surface area contributed by atoms with Crippen LogP contribution in [0.2, 0.25) is 0 Å². The van der Waals surface area contributed by atoms with Gasteiger partial charge in [-0.25, -0.2) is 0 Å². The van der Waals surface area contributed by atoms with Gasteiger partial charge in [-0.3, -0.25) is 15.0 Å². The van der Waals surface area contributed by atoms with Crippen molar-refractivity contribution >= 4 is 65.9 Å². The van der Waals surface area contributed by atoms with E-state index < -0.39 is 0 Å². The van der Waals surface area contributed by atoms with E-state index in [0.717, 1.165) is 88.4 Å². The molecule has 0 bridgehead atoms. The van der Waals surface area contributed by atoms with Crippen LogP contribution in [0.15, 0.2) is 144 Å². The summed E-state index contributed by atoms with van der Waals surface area (Å²) in [5, 5.41) is 3.22. The lowest BCUT2D eigenvalue weighted by atomic mass is 10.0. The second kappa shape index (κ2) is 9.11. The van der Waals surface area contributed by atoms with Gasteiger partial charge in [0, 0.05) is 46.1 Å². The molecule has 0 saturated carbocycles. The molecule has 10 rings (SSSR count). The van der Waals surface area contributed by atoms with Gasteiger partial charge >= 0.3 is 0 Å². The first-order valence-electron chi connectivity index (χ1n) is 14.9. The number of nitrogens with zero attached hydrogens (tertiary/aromatic N) is 5. The fourth-order valence-corrected chi connectivity index (χ4v) is 6.89. The average molecular weight is 578 g/mol. The van der Waals surface area contributed by atoms with E-state index in [-0.39, 0.29) is 0 Å². The van der Waals surface area contributed by atoms with E-state index in [2.05, 4.69) is 99.0 Å². The molecule has 0 aliphatic heterocycles. The Balaban J connectivity index is 1.18. The molecule has 210 valence electrons. The third-order valence-electron chi connectivity index (χ3n) is 8.85. The maximum Gasteiger partial charge on any atom is 0.153 e. The highest BCUT2D eigenvalue weighted by Crippen LogP contribution is 2.38. The minimum atomic E-state index is 0.789. The summed E-state index contributed by atoms with van der Waals surface area (Å²) in [4.78, 5) is 14.3. The molecule has 6 heteroatoms. The lowest BCUT2D eigenvalue weighted by molar-refractivity contribution is 0.668. The zero-order valence-electron chi connectivity index (χ0n) is 23.9. The Labute approximate surface area is 256 Å². The van der Waals surface area contributed by atoms with E-state index >= 15 is 0 Å². The first-order chi connectivity index (χ1) is 22.3. The number of aromatic nitrogens is 5. The molecule has 6 heterocycles. The number of hydrogen-bond donors (Lipinski definition) is 0. The molecule has 0 aliphatic carbocycles.